The van der Waals surface area contributed by atoms with Gasteiger partial charge in [0, 0.05) is 31.6 Å². The van der Waals surface area contributed by atoms with E-state index in [1.54, 1.807) is 0 Å². The van der Waals surface area contributed by atoms with Gasteiger partial charge in [-0.05, 0) is 43.5 Å². The summed E-state index contributed by atoms with van der Waals surface area (Å²) in [5.74, 6) is 2.19. The largest absolute Gasteiger partial charge is 0.379 e. The van der Waals surface area contributed by atoms with E-state index in [0.717, 1.165) is 76.2 Å². The van der Waals surface area contributed by atoms with Crippen LogP contribution in [0.25, 0.3) is 11.4 Å². The van der Waals surface area contributed by atoms with E-state index in [1.807, 2.05) is 0 Å². The number of nitrogens with zero attached hydrogens (tertiary/aromatic N) is 3. The number of rotatable bonds is 6. The summed E-state index contributed by atoms with van der Waals surface area (Å²) in [7, 11) is 0. The number of hydrogen-bond acceptors (Lipinski definition) is 6. The smallest absolute Gasteiger partial charge is 0.226 e. The molecule has 2 aliphatic rings. The standard InChI is InChI=1S/C19H26N4O2.ClH/c1-2-16(14-23-8-10-24-11-9-23)12-17(3-1)19-21-18(25-22-19)5-4-15-6-7-20-13-15;/h1-3,12,15,20H,4-11,13-14H2;1H. The van der Waals surface area contributed by atoms with E-state index in [4.69, 9.17) is 9.26 Å². The van der Waals surface area contributed by atoms with E-state index in [9.17, 15) is 0 Å². The Morgan fingerprint density at radius 1 is 1.23 bits per heavy atom. The SMILES string of the molecule is Cl.c1cc(CN2CCOCC2)cc(-c2noc(CCC3CCNC3)n2)c1. The third-order valence-corrected chi connectivity index (χ3v) is 5.09. The first kappa shape index (κ1) is 19.3. The Morgan fingerprint density at radius 2 is 2.12 bits per heavy atom. The molecule has 0 amide bonds. The van der Waals surface area contributed by atoms with Gasteiger partial charge in [0.15, 0.2) is 0 Å². The maximum atomic E-state index is 5.46. The molecule has 0 spiro atoms. The highest BCUT2D eigenvalue weighted by Crippen LogP contribution is 2.20. The third kappa shape index (κ3) is 5.04. The van der Waals surface area contributed by atoms with Crippen LogP contribution in [0, 0.1) is 5.92 Å². The van der Waals surface area contributed by atoms with Gasteiger partial charge in [0.2, 0.25) is 11.7 Å². The Labute approximate surface area is 160 Å². The van der Waals surface area contributed by atoms with Crippen LogP contribution in [0.3, 0.4) is 0 Å². The quantitative estimate of drug-likeness (QED) is 0.833. The third-order valence-electron chi connectivity index (χ3n) is 5.09. The molecule has 0 radical (unpaired) electrons. The van der Waals surface area contributed by atoms with Gasteiger partial charge in [-0.1, -0.05) is 23.4 Å². The van der Waals surface area contributed by atoms with Gasteiger partial charge >= 0.3 is 0 Å². The van der Waals surface area contributed by atoms with Gasteiger partial charge in [0.1, 0.15) is 0 Å². The predicted molar refractivity (Wildman–Crippen MR) is 102 cm³/mol. The minimum atomic E-state index is 0. The fourth-order valence-electron chi connectivity index (χ4n) is 3.59. The van der Waals surface area contributed by atoms with E-state index in [0.29, 0.717) is 5.82 Å². The monoisotopic (exact) mass is 378 g/mol. The summed E-state index contributed by atoms with van der Waals surface area (Å²) >= 11 is 0. The van der Waals surface area contributed by atoms with Crippen LogP contribution in [0.4, 0.5) is 0 Å². The van der Waals surface area contributed by atoms with Crippen molar-refractivity contribution in [3.63, 3.8) is 0 Å². The maximum Gasteiger partial charge on any atom is 0.226 e. The zero-order chi connectivity index (χ0) is 16.9. The first-order valence-electron chi connectivity index (χ1n) is 9.29. The minimum absolute atomic E-state index is 0. The highest BCUT2D eigenvalue weighted by atomic mass is 35.5. The number of aromatic nitrogens is 2. The average molecular weight is 379 g/mol. The summed E-state index contributed by atoms with van der Waals surface area (Å²) in [4.78, 5) is 7.01. The van der Waals surface area contributed by atoms with Gasteiger partial charge < -0.3 is 14.6 Å². The average Bonchev–Trinajstić information content (AvgIpc) is 3.33. The minimum Gasteiger partial charge on any atom is -0.379 e. The van der Waals surface area contributed by atoms with E-state index in [-0.39, 0.29) is 12.4 Å². The molecule has 1 unspecified atom stereocenters. The summed E-state index contributed by atoms with van der Waals surface area (Å²) in [5, 5.41) is 7.59. The van der Waals surface area contributed by atoms with Crippen LogP contribution in [-0.2, 0) is 17.7 Å². The molecule has 3 heterocycles. The molecule has 0 bridgehead atoms. The van der Waals surface area contributed by atoms with Crippen LogP contribution in [0.2, 0.25) is 0 Å². The molecule has 26 heavy (non-hydrogen) atoms. The second-order valence-electron chi connectivity index (χ2n) is 7.00. The van der Waals surface area contributed by atoms with Gasteiger partial charge in [-0.3, -0.25) is 4.90 Å². The van der Waals surface area contributed by atoms with E-state index < -0.39 is 0 Å². The maximum absolute atomic E-state index is 5.46. The molecular formula is C19H27ClN4O2. The first-order chi connectivity index (χ1) is 12.4. The molecule has 1 aromatic heterocycles. The Balaban J connectivity index is 0.00000196. The highest BCUT2D eigenvalue weighted by molar-refractivity contribution is 5.85. The second kappa shape index (κ2) is 9.46. The number of nitrogens with one attached hydrogen (secondary N) is 1. The van der Waals surface area contributed by atoms with Gasteiger partial charge in [0.05, 0.1) is 13.2 Å². The molecule has 6 nitrogen and oxygen atoms in total. The van der Waals surface area contributed by atoms with Crippen LogP contribution in [0.15, 0.2) is 28.8 Å². The Bertz CT molecular complexity index is 682. The molecule has 0 saturated carbocycles. The van der Waals surface area contributed by atoms with E-state index in [1.165, 1.54) is 12.0 Å². The zero-order valence-corrected chi connectivity index (χ0v) is 15.8. The van der Waals surface area contributed by atoms with Crippen molar-refractivity contribution in [2.45, 2.75) is 25.8 Å². The number of benzene rings is 1. The summed E-state index contributed by atoms with van der Waals surface area (Å²) in [6.07, 6.45) is 3.24. The number of ether oxygens (including phenoxy) is 1. The number of aryl methyl sites for hydroxylation is 1. The summed E-state index contributed by atoms with van der Waals surface area (Å²) in [6.45, 7) is 6.82. The van der Waals surface area contributed by atoms with Crippen molar-refractivity contribution in [3.05, 3.63) is 35.7 Å². The number of hydrogen-bond donors (Lipinski definition) is 1. The van der Waals surface area contributed by atoms with Crippen molar-refractivity contribution in [1.82, 2.24) is 20.4 Å². The second-order valence-corrected chi connectivity index (χ2v) is 7.00. The fourth-order valence-corrected chi connectivity index (χ4v) is 3.59. The molecule has 1 aromatic carbocycles. The molecule has 1 atom stereocenters. The zero-order valence-electron chi connectivity index (χ0n) is 15.0. The number of halogens is 1. The molecule has 1 N–H and O–H groups in total. The van der Waals surface area contributed by atoms with Crippen molar-refractivity contribution < 1.29 is 9.26 Å². The lowest BCUT2D eigenvalue weighted by atomic mass is 10.0. The van der Waals surface area contributed by atoms with Crippen LogP contribution >= 0.6 is 12.4 Å². The lowest BCUT2D eigenvalue weighted by Crippen LogP contribution is -2.35. The molecular weight excluding hydrogens is 352 g/mol. The molecule has 2 fully saturated rings. The lowest BCUT2D eigenvalue weighted by molar-refractivity contribution is 0.0342. The summed E-state index contributed by atoms with van der Waals surface area (Å²) in [5.41, 5.74) is 2.31. The Morgan fingerprint density at radius 3 is 2.92 bits per heavy atom. The molecule has 2 saturated heterocycles. The topological polar surface area (TPSA) is 63.4 Å². The number of morpholine rings is 1. The van der Waals surface area contributed by atoms with Gasteiger partial charge in [0.25, 0.3) is 0 Å². The molecule has 4 rings (SSSR count). The van der Waals surface area contributed by atoms with Crippen molar-refractivity contribution in [2.24, 2.45) is 5.92 Å². The van der Waals surface area contributed by atoms with Crippen LogP contribution in [0.5, 0.6) is 0 Å². The van der Waals surface area contributed by atoms with Gasteiger partial charge in [-0.15, -0.1) is 12.4 Å². The van der Waals surface area contributed by atoms with Crippen LogP contribution in [0.1, 0.15) is 24.3 Å². The predicted octanol–water partition coefficient (Wildman–Crippen LogP) is 2.53. The fraction of sp³-hybridized carbons (Fsp3) is 0.579. The Kier molecular flexibility index (Phi) is 7.02. The van der Waals surface area contributed by atoms with Crippen molar-refractivity contribution in [2.75, 3.05) is 39.4 Å². The molecule has 142 valence electrons. The van der Waals surface area contributed by atoms with Crippen molar-refractivity contribution in [1.29, 1.82) is 0 Å². The first-order valence-corrected chi connectivity index (χ1v) is 9.29. The van der Waals surface area contributed by atoms with Crippen molar-refractivity contribution >= 4 is 12.4 Å². The van der Waals surface area contributed by atoms with Crippen LogP contribution in [-0.4, -0.2) is 54.4 Å². The summed E-state index contributed by atoms with van der Waals surface area (Å²) < 4.78 is 10.9. The van der Waals surface area contributed by atoms with Crippen molar-refractivity contribution in [3.8, 4) is 11.4 Å². The highest BCUT2D eigenvalue weighted by Gasteiger charge is 2.17. The molecule has 7 heteroatoms. The summed E-state index contributed by atoms with van der Waals surface area (Å²) in [6, 6.07) is 8.46. The molecule has 2 aliphatic heterocycles. The molecule has 2 aromatic rings. The van der Waals surface area contributed by atoms with E-state index in [2.05, 4.69) is 44.6 Å². The van der Waals surface area contributed by atoms with E-state index >= 15 is 0 Å². The Hall–Kier alpha value is -1.47. The van der Waals surface area contributed by atoms with Gasteiger partial charge in [-0.25, -0.2) is 0 Å². The normalized spacial score (nSPS) is 20.8. The lowest BCUT2D eigenvalue weighted by Gasteiger charge is -2.26. The van der Waals surface area contributed by atoms with Crippen LogP contribution < -0.4 is 5.32 Å². The molecule has 0 aliphatic carbocycles. The van der Waals surface area contributed by atoms with Gasteiger partial charge in [-0.2, -0.15) is 4.98 Å².